The molecule has 164 valence electrons. The minimum absolute atomic E-state index is 0.235. The zero-order chi connectivity index (χ0) is 22.0. The summed E-state index contributed by atoms with van der Waals surface area (Å²) in [5, 5.41) is 17.0. The second-order valence-electron chi connectivity index (χ2n) is 9.74. The molecule has 1 saturated carbocycles. The van der Waals surface area contributed by atoms with E-state index in [1.807, 2.05) is 0 Å². The highest BCUT2D eigenvalue weighted by Crippen LogP contribution is 2.34. The highest BCUT2D eigenvalue weighted by molar-refractivity contribution is 5.83. The van der Waals surface area contributed by atoms with Crippen molar-refractivity contribution in [1.82, 2.24) is 0 Å². The molecule has 1 aliphatic rings. The van der Waals surface area contributed by atoms with Crippen LogP contribution in [0, 0.1) is 5.92 Å². The average Bonchev–Trinajstić information content (AvgIpc) is 2.84. The quantitative estimate of drug-likeness (QED) is 0.376. The normalized spacial score (nSPS) is 16.4. The summed E-state index contributed by atoms with van der Waals surface area (Å²) in [6, 6.07) is 29.6. The molecule has 1 aliphatic carbocycles. The second-order valence-corrected chi connectivity index (χ2v) is 9.74. The van der Waals surface area contributed by atoms with E-state index in [-0.39, 0.29) is 6.04 Å². The molecule has 4 aromatic carbocycles. The lowest BCUT2D eigenvalue weighted by Gasteiger charge is -2.40. The van der Waals surface area contributed by atoms with Crippen LogP contribution in [0.15, 0.2) is 84.9 Å². The standard InChI is InChI=1S/C30H33NO/c31-29(26-10-2-1-3-11-26)30(32,20-22-14-16-24-8-4-6-12-27(24)18-22)21-23-15-17-25-9-5-7-13-28(25)19-23/h4-9,12-19,26,29,32H,1-3,10-11,20-21,31H2/t29-/m1/s1. The van der Waals surface area contributed by atoms with Gasteiger partial charge in [0.1, 0.15) is 0 Å². The second kappa shape index (κ2) is 9.05. The van der Waals surface area contributed by atoms with E-state index in [1.54, 1.807) is 0 Å². The van der Waals surface area contributed by atoms with Crippen LogP contribution in [-0.4, -0.2) is 16.7 Å². The van der Waals surface area contributed by atoms with Crippen molar-refractivity contribution in [3.05, 3.63) is 96.1 Å². The van der Waals surface area contributed by atoms with Crippen LogP contribution >= 0.6 is 0 Å². The molecule has 5 rings (SSSR count). The van der Waals surface area contributed by atoms with E-state index in [0.29, 0.717) is 18.8 Å². The van der Waals surface area contributed by atoms with Gasteiger partial charge in [-0.25, -0.2) is 0 Å². The monoisotopic (exact) mass is 423 g/mol. The third-order valence-corrected chi connectivity index (χ3v) is 7.43. The van der Waals surface area contributed by atoms with Crippen molar-refractivity contribution in [1.29, 1.82) is 0 Å². The van der Waals surface area contributed by atoms with Gasteiger partial charge in [-0.15, -0.1) is 0 Å². The van der Waals surface area contributed by atoms with Crippen LogP contribution in [0.1, 0.15) is 43.2 Å². The van der Waals surface area contributed by atoms with E-state index in [4.69, 9.17) is 5.73 Å². The van der Waals surface area contributed by atoms with E-state index in [2.05, 4.69) is 84.9 Å². The Bertz CT molecular complexity index is 1130. The molecular formula is C30H33NO. The number of nitrogens with two attached hydrogens (primary N) is 1. The predicted molar refractivity (Wildman–Crippen MR) is 135 cm³/mol. The van der Waals surface area contributed by atoms with Gasteiger partial charge in [-0.2, -0.15) is 0 Å². The summed E-state index contributed by atoms with van der Waals surface area (Å²) >= 11 is 0. The van der Waals surface area contributed by atoms with Crippen molar-refractivity contribution in [3.8, 4) is 0 Å². The van der Waals surface area contributed by atoms with Crippen molar-refractivity contribution in [3.63, 3.8) is 0 Å². The van der Waals surface area contributed by atoms with E-state index in [1.165, 1.54) is 40.8 Å². The van der Waals surface area contributed by atoms with Crippen LogP contribution in [0.3, 0.4) is 0 Å². The first-order valence-corrected chi connectivity index (χ1v) is 12.0. The number of benzene rings is 4. The SMILES string of the molecule is N[C@H](C1CCCCC1)C(O)(Cc1ccc2ccccc2c1)Cc1ccc2ccccc2c1. The Hall–Kier alpha value is -2.68. The fraction of sp³-hybridized carbons (Fsp3) is 0.333. The van der Waals surface area contributed by atoms with Gasteiger partial charge in [-0.05, 0) is 51.4 Å². The Kier molecular flexibility index (Phi) is 5.99. The smallest absolute Gasteiger partial charge is 0.0880 e. The molecule has 0 aliphatic heterocycles. The third-order valence-electron chi connectivity index (χ3n) is 7.43. The number of rotatable bonds is 6. The summed E-state index contributed by atoms with van der Waals surface area (Å²) in [5.74, 6) is 0.384. The van der Waals surface area contributed by atoms with Gasteiger partial charge in [-0.3, -0.25) is 0 Å². The van der Waals surface area contributed by atoms with E-state index in [9.17, 15) is 5.11 Å². The fourth-order valence-corrected chi connectivity index (χ4v) is 5.63. The molecular weight excluding hydrogens is 390 g/mol. The van der Waals surface area contributed by atoms with Gasteiger partial charge in [0.05, 0.1) is 5.60 Å². The van der Waals surface area contributed by atoms with E-state index >= 15 is 0 Å². The van der Waals surface area contributed by atoms with Crippen LogP contribution < -0.4 is 5.73 Å². The van der Waals surface area contributed by atoms with Gasteiger partial charge in [0, 0.05) is 18.9 Å². The van der Waals surface area contributed by atoms with E-state index in [0.717, 1.165) is 24.0 Å². The fourth-order valence-electron chi connectivity index (χ4n) is 5.63. The van der Waals surface area contributed by atoms with Crippen molar-refractivity contribution in [2.45, 2.75) is 56.6 Å². The largest absolute Gasteiger partial charge is 0.388 e. The molecule has 3 N–H and O–H groups in total. The topological polar surface area (TPSA) is 46.2 Å². The van der Waals surface area contributed by atoms with Gasteiger partial charge >= 0.3 is 0 Å². The molecule has 0 bridgehead atoms. The van der Waals surface area contributed by atoms with Gasteiger partial charge in [0.2, 0.25) is 0 Å². The maximum atomic E-state index is 12.2. The Labute approximate surface area is 191 Å². The lowest BCUT2D eigenvalue weighted by Crippen LogP contribution is -2.55. The van der Waals surface area contributed by atoms with Crippen molar-refractivity contribution in [2.75, 3.05) is 0 Å². The van der Waals surface area contributed by atoms with E-state index < -0.39 is 5.60 Å². The first-order chi connectivity index (χ1) is 15.6. The molecule has 2 heteroatoms. The molecule has 0 aromatic heterocycles. The van der Waals surface area contributed by atoms with Gasteiger partial charge < -0.3 is 10.8 Å². The Morgan fingerprint density at radius 2 is 1.16 bits per heavy atom. The molecule has 0 amide bonds. The van der Waals surface area contributed by atoms with Crippen molar-refractivity contribution < 1.29 is 5.11 Å². The summed E-state index contributed by atoms with van der Waals surface area (Å²) in [5.41, 5.74) is 8.22. The molecule has 0 saturated heterocycles. The molecule has 4 aromatic rings. The predicted octanol–water partition coefficient (Wildman–Crippen LogP) is 6.42. The van der Waals surface area contributed by atoms with Crippen LogP contribution in [0.2, 0.25) is 0 Å². The van der Waals surface area contributed by atoms with Crippen molar-refractivity contribution >= 4 is 21.5 Å². The third kappa shape index (κ3) is 4.44. The minimum atomic E-state index is -0.979. The summed E-state index contributed by atoms with van der Waals surface area (Å²) < 4.78 is 0. The highest BCUT2D eigenvalue weighted by Gasteiger charge is 2.39. The molecule has 2 nitrogen and oxygen atoms in total. The number of fused-ring (bicyclic) bond motifs is 2. The van der Waals surface area contributed by atoms with Crippen molar-refractivity contribution in [2.24, 2.45) is 11.7 Å². The summed E-state index contributed by atoms with van der Waals surface area (Å²) in [7, 11) is 0. The number of hydrogen-bond acceptors (Lipinski definition) is 2. The molecule has 32 heavy (non-hydrogen) atoms. The molecule has 1 atom stereocenters. The summed E-state index contributed by atoms with van der Waals surface area (Å²) in [4.78, 5) is 0. The molecule has 1 fully saturated rings. The molecule has 0 radical (unpaired) electrons. The molecule has 0 unspecified atom stereocenters. The van der Waals surface area contributed by atoms with Crippen LogP contribution in [0.5, 0.6) is 0 Å². The molecule has 0 spiro atoms. The minimum Gasteiger partial charge on any atom is -0.388 e. The lowest BCUT2D eigenvalue weighted by atomic mass is 9.72. The Morgan fingerprint density at radius 3 is 1.66 bits per heavy atom. The van der Waals surface area contributed by atoms with Crippen LogP contribution in [-0.2, 0) is 12.8 Å². The number of aliphatic hydroxyl groups is 1. The number of hydrogen-bond donors (Lipinski definition) is 2. The highest BCUT2D eigenvalue weighted by atomic mass is 16.3. The maximum Gasteiger partial charge on any atom is 0.0880 e. The lowest BCUT2D eigenvalue weighted by molar-refractivity contribution is -0.0105. The zero-order valence-corrected chi connectivity index (χ0v) is 18.7. The first kappa shape index (κ1) is 21.2. The van der Waals surface area contributed by atoms with Gasteiger partial charge in [0.25, 0.3) is 0 Å². The first-order valence-electron chi connectivity index (χ1n) is 12.0. The summed E-state index contributed by atoms with van der Waals surface area (Å²) in [6.45, 7) is 0. The maximum absolute atomic E-state index is 12.2. The van der Waals surface area contributed by atoms with Gasteiger partial charge in [0.15, 0.2) is 0 Å². The Morgan fingerprint density at radius 1 is 0.688 bits per heavy atom. The molecule has 0 heterocycles. The zero-order valence-electron chi connectivity index (χ0n) is 18.7. The summed E-state index contributed by atoms with van der Waals surface area (Å²) in [6.07, 6.45) is 7.13. The average molecular weight is 424 g/mol. The van der Waals surface area contributed by atoms with Crippen LogP contribution in [0.4, 0.5) is 0 Å². The van der Waals surface area contributed by atoms with Crippen LogP contribution in [0.25, 0.3) is 21.5 Å². The Balaban J connectivity index is 1.49. The van der Waals surface area contributed by atoms with Gasteiger partial charge in [-0.1, -0.05) is 104 Å².